The summed E-state index contributed by atoms with van der Waals surface area (Å²) in [6.07, 6.45) is 4.29. The van der Waals surface area contributed by atoms with Gasteiger partial charge >= 0.3 is 0 Å². The normalized spacial score (nSPS) is 26.3. The maximum absolute atomic E-state index is 12.5. The van der Waals surface area contributed by atoms with E-state index in [1.54, 1.807) is 0 Å². The van der Waals surface area contributed by atoms with E-state index >= 15 is 0 Å². The van der Waals surface area contributed by atoms with Gasteiger partial charge in [-0.3, -0.25) is 4.79 Å². The van der Waals surface area contributed by atoms with Crippen molar-refractivity contribution in [1.29, 1.82) is 0 Å². The molecule has 1 amide bonds. The number of amides is 1. The van der Waals surface area contributed by atoms with Gasteiger partial charge < -0.3 is 5.32 Å². The molecule has 1 aromatic rings. The van der Waals surface area contributed by atoms with E-state index in [0.29, 0.717) is 17.4 Å². The molecule has 1 aliphatic rings. The van der Waals surface area contributed by atoms with Crippen LogP contribution < -0.4 is 5.32 Å². The lowest BCUT2D eigenvalue weighted by atomic mass is 9.77. The maximum atomic E-state index is 12.5. The number of rotatable bonds is 3. The molecule has 0 spiro atoms. The Kier molecular flexibility index (Phi) is 5.14. The van der Waals surface area contributed by atoms with Crippen LogP contribution >= 0.6 is 27.5 Å². The van der Waals surface area contributed by atoms with Crippen LogP contribution in [0.2, 0.25) is 0 Å². The summed E-state index contributed by atoms with van der Waals surface area (Å²) in [6, 6.07) is 5.78. The molecule has 1 aliphatic carbocycles. The first-order chi connectivity index (χ1) is 9.46. The van der Waals surface area contributed by atoms with E-state index in [4.69, 9.17) is 11.6 Å². The fourth-order valence-electron chi connectivity index (χ4n) is 3.04. The average Bonchev–Trinajstić information content (AvgIpc) is 2.38. The predicted molar refractivity (Wildman–Crippen MR) is 87.4 cm³/mol. The van der Waals surface area contributed by atoms with Crippen molar-refractivity contribution in [3.8, 4) is 0 Å². The third-order valence-electron chi connectivity index (χ3n) is 4.10. The van der Waals surface area contributed by atoms with Crippen molar-refractivity contribution in [2.24, 2.45) is 5.92 Å². The second-order valence-electron chi connectivity index (χ2n) is 6.05. The van der Waals surface area contributed by atoms with Gasteiger partial charge in [-0.1, -0.05) is 25.8 Å². The first-order valence-electron chi connectivity index (χ1n) is 7.10. The number of alkyl halides is 1. The van der Waals surface area contributed by atoms with Crippen LogP contribution in [0.5, 0.6) is 0 Å². The molecule has 20 heavy (non-hydrogen) atoms. The molecule has 4 heteroatoms. The van der Waals surface area contributed by atoms with Crippen molar-refractivity contribution in [2.45, 2.75) is 45.1 Å². The second kappa shape index (κ2) is 6.48. The lowest BCUT2D eigenvalue weighted by Crippen LogP contribution is -2.52. The largest absolute Gasteiger partial charge is 0.345 e. The summed E-state index contributed by atoms with van der Waals surface area (Å²) in [5.74, 6) is 1.06. The zero-order chi connectivity index (χ0) is 14.8. The predicted octanol–water partition coefficient (Wildman–Crippen LogP) is 4.68. The highest BCUT2D eigenvalue weighted by molar-refractivity contribution is 9.10. The fraction of sp³-hybridized carbons (Fsp3) is 0.562. The van der Waals surface area contributed by atoms with Gasteiger partial charge in [0.05, 0.1) is 11.1 Å². The minimum absolute atomic E-state index is 0.0355. The molecule has 0 saturated heterocycles. The zero-order valence-electron chi connectivity index (χ0n) is 12.0. The second-order valence-corrected chi connectivity index (χ2v) is 7.17. The molecule has 0 heterocycles. The van der Waals surface area contributed by atoms with Gasteiger partial charge in [0.25, 0.3) is 5.91 Å². The van der Waals surface area contributed by atoms with Gasteiger partial charge in [0.15, 0.2) is 0 Å². The van der Waals surface area contributed by atoms with Crippen molar-refractivity contribution in [3.05, 3.63) is 33.8 Å². The molecule has 1 fully saturated rings. The monoisotopic (exact) mass is 357 g/mol. The summed E-state index contributed by atoms with van der Waals surface area (Å²) in [5.41, 5.74) is 1.56. The number of hydrogen-bond donors (Lipinski definition) is 1. The molecule has 2 rings (SSSR count). The third-order valence-corrected chi connectivity index (χ3v) is 5.26. The summed E-state index contributed by atoms with van der Waals surface area (Å²) in [5, 5.41) is 3.19. The quantitative estimate of drug-likeness (QED) is 0.781. The first-order valence-corrected chi connectivity index (χ1v) is 8.43. The number of carbonyl (C=O) groups excluding carboxylic acids is 1. The first kappa shape index (κ1) is 15.8. The van der Waals surface area contributed by atoms with E-state index < -0.39 is 0 Å². The molecular formula is C16H21BrClNO. The van der Waals surface area contributed by atoms with Crippen LogP contribution in [0.15, 0.2) is 22.7 Å². The third kappa shape index (κ3) is 3.56. The number of hydrogen-bond acceptors (Lipinski definition) is 1. The molecule has 1 aromatic carbocycles. The van der Waals surface area contributed by atoms with Crippen molar-refractivity contribution >= 4 is 33.4 Å². The van der Waals surface area contributed by atoms with E-state index in [1.165, 1.54) is 6.42 Å². The van der Waals surface area contributed by atoms with Gasteiger partial charge in [-0.25, -0.2) is 0 Å². The highest BCUT2D eigenvalue weighted by Gasteiger charge is 2.36. The minimum Gasteiger partial charge on any atom is -0.345 e. The molecule has 1 saturated carbocycles. The molecule has 0 aromatic heterocycles. The van der Waals surface area contributed by atoms with Gasteiger partial charge in [0, 0.05) is 10.4 Å². The number of halogens is 2. The number of carbonyl (C=O) groups is 1. The van der Waals surface area contributed by atoms with E-state index in [9.17, 15) is 4.79 Å². The Hall–Kier alpha value is -0.540. The summed E-state index contributed by atoms with van der Waals surface area (Å²) in [7, 11) is 0. The number of aryl methyl sites for hydroxylation is 1. The van der Waals surface area contributed by atoms with Gasteiger partial charge in [-0.2, -0.15) is 0 Å². The smallest absolute Gasteiger partial charge is 0.252 e. The van der Waals surface area contributed by atoms with Gasteiger partial charge in [-0.05, 0) is 59.3 Å². The Bertz CT molecular complexity index is 505. The standard InChI is InChI=1S/C16H21BrClNO/c1-11-5-6-13(14(17)8-11)15(20)19-16(10-18)7-3-4-12(2)9-16/h5-6,8,12H,3-4,7,9-10H2,1-2H3,(H,19,20). The number of nitrogens with one attached hydrogen (secondary N) is 1. The van der Waals surface area contributed by atoms with Gasteiger partial charge in [-0.15, -0.1) is 11.6 Å². The van der Waals surface area contributed by atoms with Crippen LogP contribution in [-0.2, 0) is 0 Å². The summed E-state index contributed by atoms with van der Waals surface area (Å²) >= 11 is 9.64. The fourth-order valence-corrected chi connectivity index (χ4v) is 4.02. The molecule has 1 N–H and O–H groups in total. The average molecular weight is 359 g/mol. The van der Waals surface area contributed by atoms with E-state index in [-0.39, 0.29) is 11.4 Å². The summed E-state index contributed by atoms with van der Waals surface area (Å²) in [6.45, 7) is 4.24. The molecule has 0 radical (unpaired) electrons. The molecule has 0 bridgehead atoms. The van der Waals surface area contributed by atoms with Gasteiger partial charge in [0.2, 0.25) is 0 Å². The lowest BCUT2D eigenvalue weighted by molar-refractivity contribution is 0.0866. The maximum Gasteiger partial charge on any atom is 0.252 e. The zero-order valence-corrected chi connectivity index (χ0v) is 14.4. The highest BCUT2D eigenvalue weighted by Crippen LogP contribution is 2.33. The summed E-state index contributed by atoms with van der Waals surface area (Å²) in [4.78, 5) is 12.5. The molecule has 2 atom stereocenters. The molecule has 2 nitrogen and oxygen atoms in total. The van der Waals surface area contributed by atoms with Crippen LogP contribution in [0.4, 0.5) is 0 Å². The van der Waals surface area contributed by atoms with Crippen LogP contribution in [0.1, 0.15) is 48.5 Å². The minimum atomic E-state index is -0.249. The Morgan fingerprint density at radius 1 is 1.55 bits per heavy atom. The Labute approximate surface area is 134 Å². The Balaban J connectivity index is 2.16. The van der Waals surface area contributed by atoms with Crippen molar-refractivity contribution in [3.63, 3.8) is 0 Å². The topological polar surface area (TPSA) is 29.1 Å². The molecule has 0 aliphatic heterocycles. The van der Waals surface area contributed by atoms with Gasteiger partial charge in [0.1, 0.15) is 0 Å². The van der Waals surface area contributed by atoms with Crippen molar-refractivity contribution in [2.75, 3.05) is 5.88 Å². The highest BCUT2D eigenvalue weighted by atomic mass is 79.9. The molecular weight excluding hydrogens is 338 g/mol. The van der Waals surface area contributed by atoms with Crippen LogP contribution in [0, 0.1) is 12.8 Å². The van der Waals surface area contributed by atoms with Crippen LogP contribution in [-0.4, -0.2) is 17.3 Å². The summed E-state index contributed by atoms with van der Waals surface area (Å²) < 4.78 is 0.837. The lowest BCUT2D eigenvalue weighted by Gasteiger charge is -2.39. The van der Waals surface area contributed by atoms with Crippen molar-refractivity contribution in [1.82, 2.24) is 5.32 Å². The SMILES string of the molecule is Cc1ccc(C(=O)NC2(CCl)CCCC(C)C2)c(Br)c1. The van der Waals surface area contributed by atoms with E-state index in [2.05, 4.69) is 28.2 Å². The van der Waals surface area contributed by atoms with Crippen LogP contribution in [0.3, 0.4) is 0 Å². The Morgan fingerprint density at radius 3 is 2.90 bits per heavy atom. The van der Waals surface area contributed by atoms with Crippen LogP contribution in [0.25, 0.3) is 0 Å². The van der Waals surface area contributed by atoms with E-state index in [0.717, 1.165) is 29.3 Å². The Morgan fingerprint density at radius 2 is 2.30 bits per heavy atom. The van der Waals surface area contributed by atoms with E-state index in [1.807, 2.05) is 25.1 Å². The van der Waals surface area contributed by atoms with Crippen molar-refractivity contribution < 1.29 is 4.79 Å². The number of benzene rings is 1. The molecule has 2 unspecified atom stereocenters. The molecule has 110 valence electrons.